The summed E-state index contributed by atoms with van der Waals surface area (Å²) in [5.41, 5.74) is -0.0749. The molecule has 0 amide bonds. The Hall–Kier alpha value is -2.88. The van der Waals surface area contributed by atoms with Crippen molar-refractivity contribution in [2.45, 2.75) is 26.1 Å². The third-order valence-corrected chi connectivity index (χ3v) is 4.72. The van der Waals surface area contributed by atoms with Gasteiger partial charge in [-0.25, -0.2) is 9.50 Å². The monoisotopic (exact) mass is 393 g/mol. The summed E-state index contributed by atoms with van der Waals surface area (Å²) < 4.78 is 45.7. The molecule has 1 fully saturated rings. The van der Waals surface area contributed by atoms with Gasteiger partial charge < -0.3 is 14.7 Å². The second-order valence-electron chi connectivity index (χ2n) is 6.77. The van der Waals surface area contributed by atoms with Gasteiger partial charge in [-0.3, -0.25) is 0 Å². The summed E-state index contributed by atoms with van der Waals surface area (Å²) in [7, 11) is 0. The van der Waals surface area contributed by atoms with E-state index in [0.717, 1.165) is 6.07 Å². The number of rotatable bonds is 2. The van der Waals surface area contributed by atoms with Gasteiger partial charge in [-0.2, -0.15) is 18.2 Å². The topological polar surface area (TPSA) is 75.8 Å². The molecule has 0 bridgehead atoms. The van der Waals surface area contributed by atoms with E-state index in [2.05, 4.69) is 15.1 Å². The zero-order chi connectivity index (χ0) is 20.1. The molecule has 0 unspecified atom stereocenters. The molecule has 1 atom stereocenters. The molecular formula is C18H18F3N5O2. The maximum atomic E-state index is 12.9. The van der Waals surface area contributed by atoms with Crippen LogP contribution in [0.5, 0.6) is 5.75 Å². The van der Waals surface area contributed by atoms with Crippen molar-refractivity contribution in [1.82, 2.24) is 19.6 Å². The number of aromatic nitrogens is 4. The summed E-state index contributed by atoms with van der Waals surface area (Å²) in [6, 6.07) is 3.40. The van der Waals surface area contributed by atoms with Crippen LogP contribution in [-0.4, -0.2) is 50.5 Å². The van der Waals surface area contributed by atoms with Crippen LogP contribution in [0.25, 0.3) is 17.0 Å². The van der Waals surface area contributed by atoms with Crippen LogP contribution >= 0.6 is 0 Å². The number of hydrogen-bond donors (Lipinski definition) is 1. The molecule has 2 aromatic heterocycles. The van der Waals surface area contributed by atoms with Crippen LogP contribution in [0.3, 0.4) is 0 Å². The van der Waals surface area contributed by atoms with Crippen molar-refractivity contribution in [3.63, 3.8) is 0 Å². The zero-order valence-corrected chi connectivity index (χ0v) is 15.2. The molecule has 3 heterocycles. The van der Waals surface area contributed by atoms with Crippen LogP contribution < -0.4 is 4.90 Å². The number of phenolic OH excluding ortho intramolecular Hbond substituents is 1. The van der Waals surface area contributed by atoms with E-state index in [1.165, 1.54) is 11.4 Å². The molecule has 4 rings (SSSR count). The van der Waals surface area contributed by atoms with Gasteiger partial charge >= 0.3 is 6.18 Å². The maximum absolute atomic E-state index is 12.9. The van der Waals surface area contributed by atoms with Gasteiger partial charge in [-0.15, -0.1) is 5.10 Å². The first-order valence-electron chi connectivity index (χ1n) is 8.73. The number of aromatic hydroxyl groups is 1. The normalized spacial score (nSPS) is 18.0. The molecule has 1 aliphatic heterocycles. The standard InChI is InChI=1S/C18H18F3N5O2/c1-10-7-12(18(19,20)21)8-14(27)15(10)13-3-4-26-16(22-13)23-17(24-26)25-5-6-28-9-11(25)2/h3-4,7-8,11,27H,5-6,9H2,1-2H3/t11-/m1/s1. The predicted molar refractivity (Wildman–Crippen MR) is 95.2 cm³/mol. The van der Waals surface area contributed by atoms with Crippen LogP contribution in [0.4, 0.5) is 19.1 Å². The summed E-state index contributed by atoms with van der Waals surface area (Å²) in [6.07, 6.45) is -2.91. The van der Waals surface area contributed by atoms with Gasteiger partial charge in [0, 0.05) is 18.3 Å². The highest BCUT2D eigenvalue weighted by molar-refractivity contribution is 5.72. The van der Waals surface area contributed by atoms with Crippen molar-refractivity contribution in [3.05, 3.63) is 35.5 Å². The molecule has 0 spiro atoms. The van der Waals surface area contributed by atoms with Gasteiger partial charge in [0.15, 0.2) is 0 Å². The first-order valence-corrected chi connectivity index (χ1v) is 8.73. The Bertz CT molecular complexity index is 1010. The number of aryl methyl sites for hydroxylation is 1. The van der Waals surface area contributed by atoms with Crippen molar-refractivity contribution < 1.29 is 23.0 Å². The quantitative estimate of drug-likeness (QED) is 0.721. The number of morpholine rings is 1. The number of benzene rings is 1. The average molecular weight is 393 g/mol. The fraction of sp³-hybridized carbons (Fsp3) is 0.389. The SMILES string of the molecule is Cc1cc(C(F)(F)F)cc(O)c1-c1ccn2nc(N3CCOC[C@H]3C)nc2n1. The molecule has 1 aromatic carbocycles. The second-order valence-corrected chi connectivity index (χ2v) is 6.77. The van der Waals surface area contributed by atoms with Gasteiger partial charge in [0.05, 0.1) is 30.5 Å². The lowest BCUT2D eigenvalue weighted by Crippen LogP contribution is -2.44. The summed E-state index contributed by atoms with van der Waals surface area (Å²) >= 11 is 0. The summed E-state index contributed by atoms with van der Waals surface area (Å²) in [4.78, 5) is 10.8. The van der Waals surface area contributed by atoms with Crippen LogP contribution in [-0.2, 0) is 10.9 Å². The van der Waals surface area contributed by atoms with Crippen LogP contribution in [0.1, 0.15) is 18.1 Å². The van der Waals surface area contributed by atoms with E-state index >= 15 is 0 Å². The zero-order valence-electron chi connectivity index (χ0n) is 15.2. The third-order valence-electron chi connectivity index (χ3n) is 4.72. The van der Waals surface area contributed by atoms with E-state index < -0.39 is 17.5 Å². The molecule has 148 valence electrons. The van der Waals surface area contributed by atoms with Crippen molar-refractivity contribution in [1.29, 1.82) is 0 Å². The molecule has 0 radical (unpaired) electrons. The smallest absolute Gasteiger partial charge is 0.416 e. The van der Waals surface area contributed by atoms with Gasteiger partial charge in [0.1, 0.15) is 5.75 Å². The van der Waals surface area contributed by atoms with Crippen molar-refractivity contribution in [3.8, 4) is 17.0 Å². The summed E-state index contributed by atoms with van der Waals surface area (Å²) in [6.45, 7) is 5.32. The fourth-order valence-corrected chi connectivity index (χ4v) is 3.32. The van der Waals surface area contributed by atoms with E-state index in [1.54, 1.807) is 12.3 Å². The van der Waals surface area contributed by atoms with E-state index in [-0.39, 0.29) is 17.2 Å². The minimum Gasteiger partial charge on any atom is -0.507 e. The highest BCUT2D eigenvalue weighted by atomic mass is 19.4. The second kappa shape index (κ2) is 6.62. The molecule has 0 saturated carbocycles. The number of ether oxygens (including phenoxy) is 1. The number of alkyl halides is 3. The van der Waals surface area contributed by atoms with Crippen LogP contribution in [0.15, 0.2) is 24.4 Å². The maximum Gasteiger partial charge on any atom is 0.416 e. The van der Waals surface area contributed by atoms with E-state index in [0.29, 0.717) is 43.2 Å². The molecule has 1 N–H and O–H groups in total. The number of hydrogen-bond acceptors (Lipinski definition) is 6. The molecule has 28 heavy (non-hydrogen) atoms. The highest BCUT2D eigenvalue weighted by Crippen LogP contribution is 2.38. The summed E-state index contributed by atoms with van der Waals surface area (Å²) in [5, 5.41) is 14.6. The van der Waals surface area contributed by atoms with Crippen molar-refractivity contribution in [2.24, 2.45) is 0 Å². The fourth-order valence-electron chi connectivity index (χ4n) is 3.32. The Balaban J connectivity index is 1.74. The largest absolute Gasteiger partial charge is 0.507 e. The molecule has 1 aliphatic rings. The Kier molecular flexibility index (Phi) is 4.37. The third kappa shape index (κ3) is 3.24. The Morgan fingerprint density at radius 3 is 2.71 bits per heavy atom. The Morgan fingerprint density at radius 1 is 1.25 bits per heavy atom. The van der Waals surface area contributed by atoms with Gasteiger partial charge in [-0.1, -0.05) is 0 Å². The molecule has 0 aliphatic carbocycles. The average Bonchev–Trinajstić information content (AvgIpc) is 3.04. The van der Waals surface area contributed by atoms with E-state index in [4.69, 9.17) is 4.74 Å². The van der Waals surface area contributed by atoms with Crippen LogP contribution in [0, 0.1) is 6.92 Å². The Labute approximate surface area is 158 Å². The number of halogens is 3. The molecular weight excluding hydrogens is 375 g/mol. The highest BCUT2D eigenvalue weighted by Gasteiger charge is 2.32. The molecule has 1 saturated heterocycles. The number of nitrogens with zero attached hydrogens (tertiary/aromatic N) is 5. The predicted octanol–water partition coefficient (Wildman–Crippen LogP) is 3.05. The Morgan fingerprint density at radius 2 is 2.04 bits per heavy atom. The number of phenols is 1. The first-order chi connectivity index (χ1) is 13.2. The first kappa shape index (κ1) is 18.5. The summed E-state index contributed by atoms with van der Waals surface area (Å²) in [5.74, 6) is 0.324. The number of anilines is 1. The molecule has 10 heteroatoms. The number of fused-ring (bicyclic) bond motifs is 1. The lowest BCUT2D eigenvalue weighted by atomic mass is 10.0. The minimum atomic E-state index is -4.53. The van der Waals surface area contributed by atoms with Gasteiger partial charge in [0.25, 0.3) is 5.78 Å². The minimum absolute atomic E-state index is 0.117. The molecule has 3 aromatic rings. The van der Waals surface area contributed by atoms with Crippen LogP contribution in [0.2, 0.25) is 0 Å². The van der Waals surface area contributed by atoms with E-state index in [9.17, 15) is 18.3 Å². The van der Waals surface area contributed by atoms with Gasteiger partial charge in [0.2, 0.25) is 5.95 Å². The lowest BCUT2D eigenvalue weighted by molar-refractivity contribution is -0.137. The van der Waals surface area contributed by atoms with Crippen molar-refractivity contribution >= 4 is 11.7 Å². The lowest BCUT2D eigenvalue weighted by Gasteiger charge is -2.32. The molecule has 7 nitrogen and oxygen atoms in total. The van der Waals surface area contributed by atoms with E-state index in [1.807, 2.05) is 11.8 Å². The van der Waals surface area contributed by atoms with Crippen molar-refractivity contribution in [2.75, 3.05) is 24.7 Å². The van der Waals surface area contributed by atoms with Gasteiger partial charge in [-0.05, 0) is 37.6 Å².